The van der Waals surface area contributed by atoms with Gasteiger partial charge in [-0.05, 0) is 36.4 Å². The fourth-order valence-corrected chi connectivity index (χ4v) is 3.25. The van der Waals surface area contributed by atoms with Crippen LogP contribution < -0.4 is 15.8 Å². The van der Waals surface area contributed by atoms with Crippen LogP contribution in [-0.4, -0.2) is 24.4 Å². The van der Waals surface area contributed by atoms with E-state index < -0.39 is 32.8 Å². The Bertz CT molecular complexity index is 1160. The Morgan fingerprint density at radius 3 is 2.42 bits per heavy atom. The van der Waals surface area contributed by atoms with Crippen molar-refractivity contribution in [2.75, 3.05) is 0 Å². The van der Waals surface area contributed by atoms with Crippen LogP contribution in [0.5, 0.6) is 5.75 Å². The standard InChI is InChI=1S/C16H12ClN3O5S/c17-9-5-7-10(8-6-9)26(24,25)20-19-16(23)13-14(21)11-3-1-2-4-12(11)18-15(13)22/h1-8,20H,(H,19,23)(H2,18,21,22). The summed E-state index contributed by atoms with van der Waals surface area (Å²) in [5.74, 6) is -1.65. The first-order chi connectivity index (χ1) is 12.3. The second kappa shape index (κ2) is 6.79. The largest absolute Gasteiger partial charge is 0.506 e. The molecule has 10 heteroatoms. The molecule has 0 aliphatic carbocycles. The highest BCUT2D eigenvalue weighted by molar-refractivity contribution is 7.89. The van der Waals surface area contributed by atoms with Gasteiger partial charge in [-0.1, -0.05) is 23.7 Å². The smallest absolute Gasteiger partial charge is 0.275 e. The van der Waals surface area contributed by atoms with E-state index in [0.29, 0.717) is 10.5 Å². The molecule has 0 bridgehead atoms. The van der Waals surface area contributed by atoms with Crippen LogP contribution in [0.4, 0.5) is 0 Å². The van der Waals surface area contributed by atoms with Gasteiger partial charge in [0.15, 0.2) is 0 Å². The van der Waals surface area contributed by atoms with Gasteiger partial charge < -0.3 is 10.1 Å². The molecule has 0 saturated carbocycles. The predicted octanol–water partition coefficient (Wildman–Crippen LogP) is 1.51. The number of carbonyl (C=O) groups excluding carboxylic acids is 1. The summed E-state index contributed by atoms with van der Waals surface area (Å²) in [6.45, 7) is 0. The number of benzene rings is 2. The van der Waals surface area contributed by atoms with E-state index in [1.807, 2.05) is 10.3 Å². The fourth-order valence-electron chi connectivity index (χ4n) is 2.28. The Morgan fingerprint density at radius 1 is 1.08 bits per heavy atom. The minimum atomic E-state index is -4.08. The highest BCUT2D eigenvalue weighted by atomic mass is 35.5. The Hall–Kier alpha value is -2.88. The molecule has 1 aromatic heterocycles. The van der Waals surface area contributed by atoms with Gasteiger partial charge in [0, 0.05) is 10.4 Å². The number of nitrogens with one attached hydrogen (secondary N) is 3. The average Bonchev–Trinajstić information content (AvgIpc) is 2.60. The number of aromatic amines is 1. The third-order valence-corrected chi connectivity index (χ3v) is 5.06. The molecule has 4 N–H and O–H groups in total. The normalized spacial score (nSPS) is 11.4. The molecule has 2 aromatic carbocycles. The third kappa shape index (κ3) is 3.40. The van der Waals surface area contributed by atoms with E-state index in [2.05, 4.69) is 4.98 Å². The monoisotopic (exact) mass is 393 g/mol. The van der Waals surface area contributed by atoms with Gasteiger partial charge in [0.25, 0.3) is 21.5 Å². The number of hydrazine groups is 1. The first kappa shape index (κ1) is 17.9. The second-order valence-corrected chi connectivity index (χ2v) is 7.36. The maximum Gasteiger partial charge on any atom is 0.275 e. The van der Waals surface area contributed by atoms with Gasteiger partial charge in [-0.2, -0.15) is 0 Å². The molecule has 8 nitrogen and oxygen atoms in total. The van der Waals surface area contributed by atoms with Crippen molar-refractivity contribution in [3.63, 3.8) is 0 Å². The zero-order valence-electron chi connectivity index (χ0n) is 13.0. The summed E-state index contributed by atoms with van der Waals surface area (Å²) in [5, 5.41) is 10.8. The Balaban J connectivity index is 1.88. The van der Waals surface area contributed by atoms with E-state index in [1.165, 1.54) is 30.3 Å². The number of aromatic nitrogens is 1. The van der Waals surface area contributed by atoms with E-state index in [0.717, 1.165) is 0 Å². The molecule has 0 atom stereocenters. The van der Waals surface area contributed by atoms with Gasteiger partial charge in [0.2, 0.25) is 0 Å². The number of pyridine rings is 1. The molecule has 1 amide bonds. The van der Waals surface area contributed by atoms with Gasteiger partial charge in [-0.3, -0.25) is 15.0 Å². The number of H-pyrrole nitrogens is 1. The van der Waals surface area contributed by atoms with E-state index >= 15 is 0 Å². The predicted molar refractivity (Wildman–Crippen MR) is 95.5 cm³/mol. The summed E-state index contributed by atoms with van der Waals surface area (Å²) in [5.41, 5.74) is 0.784. The van der Waals surface area contributed by atoms with Crippen molar-refractivity contribution in [1.29, 1.82) is 0 Å². The van der Waals surface area contributed by atoms with Gasteiger partial charge >= 0.3 is 0 Å². The highest BCUT2D eigenvalue weighted by Gasteiger charge is 2.21. The SMILES string of the molecule is O=C(NNS(=O)(=O)c1ccc(Cl)cc1)c1c(O)c2ccccc2[nH]c1=O. The molecule has 1 heterocycles. The Labute approximate surface area is 152 Å². The number of halogens is 1. The quantitative estimate of drug-likeness (QED) is 0.499. The zero-order valence-corrected chi connectivity index (χ0v) is 14.6. The lowest BCUT2D eigenvalue weighted by Gasteiger charge is -2.10. The minimum Gasteiger partial charge on any atom is -0.506 e. The van der Waals surface area contributed by atoms with Crippen LogP contribution in [0, 0.1) is 0 Å². The number of fused-ring (bicyclic) bond motifs is 1. The number of aromatic hydroxyl groups is 1. The summed E-state index contributed by atoms with van der Waals surface area (Å²) < 4.78 is 24.3. The maximum atomic E-state index is 12.2. The van der Waals surface area contributed by atoms with Crippen molar-refractivity contribution < 1.29 is 18.3 Å². The molecule has 0 radical (unpaired) electrons. The maximum absolute atomic E-state index is 12.2. The van der Waals surface area contributed by atoms with E-state index in [1.54, 1.807) is 18.2 Å². The van der Waals surface area contributed by atoms with Crippen molar-refractivity contribution in [2.24, 2.45) is 0 Å². The summed E-state index contributed by atoms with van der Waals surface area (Å²) in [6, 6.07) is 11.6. The lowest BCUT2D eigenvalue weighted by molar-refractivity contribution is 0.0941. The molecule has 0 saturated heterocycles. The molecular formula is C16H12ClN3O5S. The first-order valence-corrected chi connectivity index (χ1v) is 9.07. The van der Waals surface area contributed by atoms with Crippen LogP contribution >= 0.6 is 11.6 Å². The number of hydrogen-bond acceptors (Lipinski definition) is 5. The van der Waals surface area contributed by atoms with Crippen LogP contribution in [0.2, 0.25) is 5.02 Å². The molecule has 0 unspecified atom stereocenters. The van der Waals surface area contributed by atoms with Crippen LogP contribution in [-0.2, 0) is 10.0 Å². The van der Waals surface area contributed by atoms with Crippen LogP contribution in [0.3, 0.4) is 0 Å². The van der Waals surface area contributed by atoms with Crippen molar-refractivity contribution >= 4 is 38.4 Å². The molecule has 26 heavy (non-hydrogen) atoms. The first-order valence-electron chi connectivity index (χ1n) is 7.21. The van der Waals surface area contributed by atoms with E-state index in [4.69, 9.17) is 11.6 Å². The summed E-state index contributed by atoms with van der Waals surface area (Å²) in [4.78, 5) is 28.5. The summed E-state index contributed by atoms with van der Waals surface area (Å²) in [6.07, 6.45) is 0. The van der Waals surface area contributed by atoms with Crippen LogP contribution in [0.15, 0.2) is 58.2 Å². The lowest BCUT2D eigenvalue weighted by Crippen LogP contribution is -2.43. The Morgan fingerprint density at radius 2 is 1.73 bits per heavy atom. The highest BCUT2D eigenvalue weighted by Crippen LogP contribution is 2.24. The number of rotatable bonds is 4. The second-order valence-electron chi connectivity index (χ2n) is 5.24. The molecule has 134 valence electrons. The van der Waals surface area contributed by atoms with Gasteiger partial charge in [-0.15, -0.1) is 4.83 Å². The molecule has 3 rings (SSSR count). The number of sulfonamides is 1. The number of amides is 1. The molecule has 0 aliphatic rings. The zero-order chi connectivity index (χ0) is 18.9. The Kier molecular flexibility index (Phi) is 4.68. The van der Waals surface area contributed by atoms with Crippen LogP contribution in [0.1, 0.15) is 10.4 Å². The van der Waals surface area contributed by atoms with Gasteiger partial charge in [0.1, 0.15) is 11.3 Å². The fraction of sp³-hybridized carbons (Fsp3) is 0. The number of para-hydroxylation sites is 1. The average molecular weight is 394 g/mol. The lowest BCUT2D eigenvalue weighted by atomic mass is 10.1. The molecule has 0 aliphatic heterocycles. The summed E-state index contributed by atoms with van der Waals surface area (Å²) >= 11 is 5.70. The molecule has 0 spiro atoms. The molecular weight excluding hydrogens is 382 g/mol. The molecule has 3 aromatic rings. The van der Waals surface area contributed by atoms with Crippen molar-refractivity contribution in [2.45, 2.75) is 4.90 Å². The minimum absolute atomic E-state index is 0.140. The van der Waals surface area contributed by atoms with E-state index in [9.17, 15) is 23.1 Å². The van der Waals surface area contributed by atoms with Crippen molar-refractivity contribution in [3.8, 4) is 5.75 Å². The third-order valence-electron chi connectivity index (χ3n) is 3.54. The van der Waals surface area contributed by atoms with E-state index in [-0.39, 0.29) is 10.3 Å². The number of carbonyl (C=O) groups is 1. The van der Waals surface area contributed by atoms with Gasteiger partial charge in [0.05, 0.1) is 10.4 Å². The summed E-state index contributed by atoms with van der Waals surface area (Å²) in [7, 11) is -4.08. The topological polar surface area (TPSA) is 128 Å². The van der Waals surface area contributed by atoms with Gasteiger partial charge in [-0.25, -0.2) is 8.42 Å². The van der Waals surface area contributed by atoms with Crippen molar-refractivity contribution in [1.82, 2.24) is 15.2 Å². The van der Waals surface area contributed by atoms with Crippen LogP contribution in [0.25, 0.3) is 10.9 Å². The number of hydrogen-bond donors (Lipinski definition) is 4. The van der Waals surface area contributed by atoms with Crippen molar-refractivity contribution in [3.05, 3.63) is 69.5 Å². The molecule has 0 fully saturated rings.